The van der Waals surface area contributed by atoms with Crippen LogP contribution in [0.25, 0.3) is 0 Å². The van der Waals surface area contributed by atoms with Crippen molar-refractivity contribution in [2.45, 2.75) is 32.6 Å². The van der Waals surface area contributed by atoms with Gasteiger partial charge in [-0.1, -0.05) is 0 Å². The monoisotopic (exact) mass is 342 g/mol. The number of carbonyl (C=O) groups is 1. The smallest absolute Gasteiger partial charge is 0.243 e. The molecule has 1 aliphatic rings. The van der Waals surface area contributed by atoms with Crippen molar-refractivity contribution in [2.75, 3.05) is 60.2 Å². The molecule has 2 N–H and O–H groups in total. The molecule has 1 rings (SSSR count). The SMILES string of the molecule is CCOCCCNC(=NCC(=O)N(C)C)NCCCOCC1CC1. The van der Waals surface area contributed by atoms with Crippen LogP contribution >= 0.6 is 0 Å². The van der Waals surface area contributed by atoms with Crippen LogP contribution in [0.5, 0.6) is 0 Å². The number of nitrogens with zero attached hydrogens (tertiary/aromatic N) is 2. The number of aliphatic imine (C=N–C) groups is 1. The van der Waals surface area contributed by atoms with Crippen LogP contribution in [-0.2, 0) is 14.3 Å². The van der Waals surface area contributed by atoms with Crippen molar-refractivity contribution < 1.29 is 14.3 Å². The summed E-state index contributed by atoms with van der Waals surface area (Å²) < 4.78 is 10.9. The molecule has 0 aromatic carbocycles. The lowest BCUT2D eigenvalue weighted by Crippen LogP contribution is -2.40. The van der Waals surface area contributed by atoms with Crippen molar-refractivity contribution in [3.63, 3.8) is 0 Å². The fourth-order valence-electron chi connectivity index (χ4n) is 1.90. The molecule has 1 saturated carbocycles. The quantitative estimate of drug-likeness (QED) is 0.295. The number of ether oxygens (including phenoxy) is 2. The third-order valence-corrected chi connectivity index (χ3v) is 3.64. The number of carbonyl (C=O) groups excluding carboxylic acids is 1. The highest BCUT2D eigenvalue weighted by Crippen LogP contribution is 2.28. The van der Waals surface area contributed by atoms with E-state index in [4.69, 9.17) is 9.47 Å². The molecule has 7 heteroatoms. The second-order valence-electron chi connectivity index (χ2n) is 6.23. The molecule has 1 fully saturated rings. The van der Waals surface area contributed by atoms with E-state index < -0.39 is 0 Å². The van der Waals surface area contributed by atoms with Crippen LogP contribution < -0.4 is 10.6 Å². The maximum atomic E-state index is 11.7. The summed E-state index contributed by atoms with van der Waals surface area (Å²) in [6.07, 6.45) is 4.47. The molecule has 140 valence electrons. The average molecular weight is 342 g/mol. The standard InChI is InChI=1S/C17H34N4O3/c1-4-23-11-5-9-18-17(20-13-16(22)21(2)3)19-10-6-12-24-14-15-7-8-15/h15H,4-14H2,1-3H3,(H2,18,19,20). The summed E-state index contributed by atoms with van der Waals surface area (Å²) in [5.74, 6) is 1.46. The second kappa shape index (κ2) is 13.0. The normalized spacial score (nSPS) is 14.5. The summed E-state index contributed by atoms with van der Waals surface area (Å²) in [6.45, 7) is 6.79. The molecule has 0 aromatic rings. The molecule has 1 aliphatic carbocycles. The Kier molecular flexibility index (Phi) is 11.2. The summed E-state index contributed by atoms with van der Waals surface area (Å²) in [5.41, 5.74) is 0. The maximum absolute atomic E-state index is 11.7. The van der Waals surface area contributed by atoms with Crippen molar-refractivity contribution >= 4 is 11.9 Å². The minimum atomic E-state index is -0.0156. The number of nitrogens with one attached hydrogen (secondary N) is 2. The molecule has 0 heterocycles. The summed E-state index contributed by atoms with van der Waals surface area (Å²) in [6, 6.07) is 0. The summed E-state index contributed by atoms with van der Waals surface area (Å²) >= 11 is 0. The third-order valence-electron chi connectivity index (χ3n) is 3.64. The van der Waals surface area contributed by atoms with E-state index in [1.165, 1.54) is 12.8 Å². The van der Waals surface area contributed by atoms with E-state index in [0.29, 0.717) is 5.96 Å². The minimum absolute atomic E-state index is 0.0156. The van der Waals surface area contributed by atoms with Crippen LogP contribution in [0.2, 0.25) is 0 Å². The Bertz CT molecular complexity index is 371. The lowest BCUT2D eigenvalue weighted by molar-refractivity contribution is -0.127. The van der Waals surface area contributed by atoms with Gasteiger partial charge in [-0.3, -0.25) is 4.79 Å². The topological polar surface area (TPSA) is 75.2 Å². The Hall–Kier alpha value is -1.34. The van der Waals surface area contributed by atoms with Gasteiger partial charge in [0.1, 0.15) is 6.54 Å². The Labute approximate surface area is 146 Å². The Morgan fingerprint density at radius 1 is 1.12 bits per heavy atom. The molecule has 7 nitrogen and oxygen atoms in total. The van der Waals surface area contributed by atoms with E-state index in [0.717, 1.165) is 58.3 Å². The molecule has 0 unspecified atom stereocenters. The zero-order chi connectivity index (χ0) is 17.6. The predicted octanol–water partition coefficient (Wildman–Crippen LogP) is 0.853. The zero-order valence-electron chi connectivity index (χ0n) is 15.5. The number of likely N-dealkylation sites (N-methyl/N-ethyl adjacent to an activating group) is 1. The first-order chi connectivity index (χ1) is 11.6. The maximum Gasteiger partial charge on any atom is 0.243 e. The van der Waals surface area contributed by atoms with Gasteiger partial charge in [0.15, 0.2) is 5.96 Å². The van der Waals surface area contributed by atoms with E-state index >= 15 is 0 Å². The van der Waals surface area contributed by atoms with E-state index in [2.05, 4.69) is 15.6 Å². The fourth-order valence-corrected chi connectivity index (χ4v) is 1.90. The van der Waals surface area contributed by atoms with E-state index in [1.807, 2.05) is 6.92 Å². The first-order valence-corrected chi connectivity index (χ1v) is 9.01. The minimum Gasteiger partial charge on any atom is -0.382 e. The molecule has 0 aliphatic heterocycles. The predicted molar refractivity (Wildman–Crippen MR) is 96.3 cm³/mol. The number of guanidine groups is 1. The third kappa shape index (κ3) is 11.2. The van der Waals surface area contributed by atoms with Crippen LogP contribution in [0.3, 0.4) is 0 Å². The first-order valence-electron chi connectivity index (χ1n) is 9.01. The molecular weight excluding hydrogens is 308 g/mol. The van der Waals surface area contributed by atoms with Gasteiger partial charge in [-0.15, -0.1) is 0 Å². The van der Waals surface area contributed by atoms with Crippen molar-refractivity contribution in [1.82, 2.24) is 15.5 Å². The Morgan fingerprint density at radius 2 is 1.75 bits per heavy atom. The molecule has 1 amide bonds. The van der Waals surface area contributed by atoms with E-state index in [-0.39, 0.29) is 12.5 Å². The highest BCUT2D eigenvalue weighted by Gasteiger charge is 2.20. The lowest BCUT2D eigenvalue weighted by Gasteiger charge is -2.14. The van der Waals surface area contributed by atoms with Crippen LogP contribution in [-0.4, -0.2) is 76.9 Å². The molecule has 0 saturated heterocycles. The Morgan fingerprint density at radius 3 is 2.29 bits per heavy atom. The van der Waals surface area contributed by atoms with Gasteiger partial charge in [-0.25, -0.2) is 4.99 Å². The molecule has 0 spiro atoms. The lowest BCUT2D eigenvalue weighted by atomic mass is 10.4. The van der Waals surface area contributed by atoms with Crippen LogP contribution in [0, 0.1) is 5.92 Å². The first kappa shape index (κ1) is 20.7. The van der Waals surface area contributed by atoms with Crippen LogP contribution in [0.4, 0.5) is 0 Å². The van der Waals surface area contributed by atoms with Gasteiger partial charge in [0.05, 0.1) is 0 Å². The van der Waals surface area contributed by atoms with Gasteiger partial charge in [0.2, 0.25) is 5.91 Å². The van der Waals surface area contributed by atoms with Gasteiger partial charge in [-0.05, 0) is 38.5 Å². The highest BCUT2D eigenvalue weighted by atomic mass is 16.5. The molecule has 0 aromatic heterocycles. The number of rotatable bonds is 13. The van der Waals surface area contributed by atoms with E-state index in [1.54, 1.807) is 19.0 Å². The molecular formula is C17H34N4O3. The second-order valence-corrected chi connectivity index (χ2v) is 6.23. The number of hydrogen-bond acceptors (Lipinski definition) is 4. The van der Waals surface area contributed by atoms with Crippen LogP contribution in [0.1, 0.15) is 32.6 Å². The van der Waals surface area contributed by atoms with Crippen LogP contribution in [0.15, 0.2) is 4.99 Å². The van der Waals surface area contributed by atoms with Crippen molar-refractivity contribution in [1.29, 1.82) is 0 Å². The largest absolute Gasteiger partial charge is 0.382 e. The highest BCUT2D eigenvalue weighted by molar-refractivity contribution is 5.84. The van der Waals surface area contributed by atoms with Gasteiger partial charge in [-0.2, -0.15) is 0 Å². The average Bonchev–Trinajstić information content (AvgIpc) is 3.38. The van der Waals surface area contributed by atoms with Crippen molar-refractivity contribution in [3.05, 3.63) is 0 Å². The van der Waals surface area contributed by atoms with Gasteiger partial charge in [0.25, 0.3) is 0 Å². The van der Waals surface area contributed by atoms with Crippen molar-refractivity contribution in [2.24, 2.45) is 10.9 Å². The van der Waals surface area contributed by atoms with Gasteiger partial charge < -0.3 is 25.0 Å². The van der Waals surface area contributed by atoms with Gasteiger partial charge >= 0.3 is 0 Å². The molecule has 0 atom stereocenters. The Balaban J connectivity index is 2.21. The number of hydrogen-bond donors (Lipinski definition) is 2. The fraction of sp³-hybridized carbons (Fsp3) is 0.882. The summed E-state index contributed by atoms with van der Waals surface area (Å²) in [5, 5.41) is 6.50. The van der Waals surface area contributed by atoms with Gasteiger partial charge in [0, 0.05) is 53.6 Å². The van der Waals surface area contributed by atoms with Crippen molar-refractivity contribution in [3.8, 4) is 0 Å². The molecule has 0 radical (unpaired) electrons. The summed E-state index contributed by atoms with van der Waals surface area (Å²) in [4.78, 5) is 17.6. The van der Waals surface area contributed by atoms with E-state index in [9.17, 15) is 4.79 Å². The summed E-state index contributed by atoms with van der Waals surface area (Å²) in [7, 11) is 3.47. The molecule has 0 bridgehead atoms. The molecule has 24 heavy (non-hydrogen) atoms. The zero-order valence-corrected chi connectivity index (χ0v) is 15.5. The number of amides is 1.